The van der Waals surface area contributed by atoms with Crippen LogP contribution in [0.5, 0.6) is 0 Å². The van der Waals surface area contributed by atoms with Crippen molar-refractivity contribution in [1.82, 2.24) is 0 Å². The lowest BCUT2D eigenvalue weighted by Crippen LogP contribution is -2.68. The second-order valence-electron chi connectivity index (χ2n) is 11.2. The number of carboxylic acid groups (broad SMARTS) is 1. The minimum atomic E-state index is -2.23. The Bertz CT molecular complexity index is 973. The predicted molar refractivity (Wildman–Crippen MR) is 133 cm³/mol. The molecule has 0 aromatic carbocycles. The summed E-state index contributed by atoms with van der Waals surface area (Å²) >= 11 is 0. The Morgan fingerprint density at radius 1 is 0.533 bits per heavy atom. The van der Waals surface area contributed by atoms with Gasteiger partial charge in [0.25, 0.3) is 0 Å². The molecule has 0 amide bonds. The monoisotopic (exact) mass is 664 g/mol. The van der Waals surface area contributed by atoms with Crippen molar-refractivity contribution in [3.63, 3.8) is 0 Å². The summed E-state index contributed by atoms with van der Waals surface area (Å²) in [6.45, 7) is -0.501. The third-order valence-electron chi connectivity index (χ3n) is 8.14. The van der Waals surface area contributed by atoms with E-state index in [1.807, 2.05) is 0 Å². The zero-order valence-corrected chi connectivity index (χ0v) is 23.5. The minimum Gasteiger partial charge on any atom is -0.479 e. The molecule has 4 aliphatic heterocycles. The van der Waals surface area contributed by atoms with Gasteiger partial charge in [-0.3, -0.25) is 0 Å². The number of aliphatic hydroxyl groups excluding tert-OH is 12. The zero-order chi connectivity index (χ0) is 33.5. The fourth-order valence-corrected chi connectivity index (χ4v) is 5.42. The summed E-state index contributed by atoms with van der Waals surface area (Å²) in [5, 5.41) is 133. The van der Waals surface area contributed by atoms with E-state index in [4.69, 9.17) is 33.2 Å². The van der Waals surface area contributed by atoms with Crippen molar-refractivity contribution in [1.29, 1.82) is 0 Å². The highest BCUT2D eigenvalue weighted by molar-refractivity contribution is 5.73. The molecule has 262 valence electrons. The van der Waals surface area contributed by atoms with Gasteiger partial charge < -0.3 is 99.5 Å². The first-order chi connectivity index (χ1) is 21.1. The van der Waals surface area contributed by atoms with Gasteiger partial charge in [0, 0.05) is 0 Å². The molecular formula is C24H40O21. The molecule has 0 bridgehead atoms. The van der Waals surface area contributed by atoms with E-state index in [0.717, 1.165) is 0 Å². The van der Waals surface area contributed by atoms with Gasteiger partial charge in [0.1, 0.15) is 85.5 Å². The van der Waals surface area contributed by atoms with Crippen LogP contribution in [0.25, 0.3) is 0 Å². The van der Waals surface area contributed by atoms with Gasteiger partial charge in [-0.2, -0.15) is 0 Å². The molecule has 0 aromatic rings. The van der Waals surface area contributed by atoms with Crippen molar-refractivity contribution >= 4 is 5.97 Å². The molecule has 0 spiro atoms. The third kappa shape index (κ3) is 7.26. The maximum atomic E-state index is 11.4. The van der Waals surface area contributed by atoms with Crippen molar-refractivity contribution in [2.45, 2.75) is 130 Å². The number of rotatable bonds is 9. The number of hydrogen-bond donors (Lipinski definition) is 13. The predicted octanol–water partition coefficient (Wildman–Crippen LogP) is -8.63. The maximum absolute atomic E-state index is 11.4. The second-order valence-corrected chi connectivity index (χ2v) is 11.2. The first-order valence-electron chi connectivity index (χ1n) is 14.0. The SMILES string of the molecule is C[C@@H]1O[C@@H](O[C@H]2[C@H](O[C@@H]3[C@@H](O)[C@H](O)[C@@H](C(=O)O)O[C@H]3O)O[C@H](CO)[C@H](O)[C@@H]2O[C@@H]2O[C@H](CO)[C@@H](O)[C@H](O)[C@H]2O)[C@H](O)[C@H](O)[C@H]1O. The Balaban J connectivity index is 1.68. The number of hydrogen-bond acceptors (Lipinski definition) is 20. The summed E-state index contributed by atoms with van der Waals surface area (Å²) in [6.07, 6.45) is -37.6. The van der Waals surface area contributed by atoms with Gasteiger partial charge in [-0.05, 0) is 6.92 Å². The van der Waals surface area contributed by atoms with E-state index in [1.165, 1.54) is 6.92 Å². The molecule has 45 heavy (non-hydrogen) atoms. The van der Waals surface area contributed by atoms with Crippen LogP contribution in [0.3, 0.4) is 0 Å². The zero-order valence-electron chi connectivity index (χ0n) is 23.5. The van der Waals surface area contributed by atoms with Crippen LogP contribution in [0, 0.1) is 0 Å². The smallest absolute Gasteiger partial charge is 0.335 e. The number of aliphatic carboxylic acids is 1. The van der Waals surface area contributed by atoms with Crippen molar-refractivity contribution < 1.29 is 104 Å². The largest absolute Gasteiger partial charge is 0.479 e. The summed E-state index contributed by atoms with van der Waals surface area (Å²) in [5.41, 5.74) is 0. The molecule has 13 N–H and O–H groups in total. The van der Waals surface area contributed by atoms with Crippen molar-refractivity contribution in [3.05, 3.63) is 0 Å². The third-order valence-corrected chi connectivity index (χ3v) is 8.14. The van der Waals surface area contributed by atoms with Gasteiger partial charge in [-0.15, -0.1) is 0 Å². The molecule has 4 rings (SSSR count). The summed E-state index contributed by atoms with van der Waals surface area (Å²) in [5.74, 6) is -1.73. The lowest BCUT2D eigenvalue weighted by Gasteiger charge is -2.50. The molecule has 0 aromatic heterocycles. The summed E-state index contributed by atoms with van der Waals surface area (Å²) in [6, 6.07) is 0. The molecule has 0 aliphatic carbocycles. The molecule has 0 unspecified atom stereocenters. The van der Waals surface area contributed by atoms with Crippen molar-refractivity contribution in [2.24, 2.45) is 0 Å². The Morgan fingerprint density at radius 3 is 1.60 bits per heavy atom. The average Bonchev–Trinajstić information content (AvgIpc) is 3.00. The number of carbonyl (C=O) groups is 1. The number of carboxylic acids is 1. The maximum Gasteiger partial charge on any atom is 0.335 e. The van der Waals surface area contributed by atoms with Crippen LogP contribution in [0.15, 0.2) is 0 Å². The van der Waals surface area contributed by atoms with Crippen LogP contribution in [0.2, 0.25) is 0 Å². The molecule has 21 nitrogen and oxygen atoms in total. The van der Waals surface area contributed by atoms with Crippen LogP contribution < -0.4 is 0 Å². The van der Waals surface area contributed by atoms with E-state index < -0.39 is 142 Å². The highest BCUT2D eigenvalue weighted by Crippen LogP contribution is 2.35. The number of ether oxygens (including phenoxy) is 7. The summed E-state index contributed by atoms with van der Waals surface area (Å²) in [7, 11) is 0. The molecule has 0 saturated carbocycles. The topological polar surface area (TPSA) is 345 Å². The van der Waals surface area contributed by atoms with Crippen molar-refractivity contribution in [3.8, 4) is 0 Å². The van der Waals surface area contributed by atoms with E-state index in [-0.39, 0.29) is 0 Å². The molecule has 4 aliphatic rings. The van der Waals surface area contributed by atoms with Gasteiger partial charge in [0.15, 0.2) is 31.3 Å². The Kier molecular flexibility index (Phi) is 12.1. The van der Waals surface area contributed by atoms with E-state index in [0.29, 0.717) is 0 Å². The van der Waals surface area contributed by atoms with Gasteiger partial charge >= 0.3 is 5.97 Å². The van der Waals surface area contributed by atoms with Crippen molar-refractivity contribution in [2.75, 3.05) is 13.2 Å². The fourth-order valence-electron chi connectivity index (χ4n) is 5.42. The second kappa shape index (κ2) is 14.9. The quantitative estimate of drug-likeness (QED) is 0.109. The minimum absolute atomic E-state index is 0.858. The van der Waals surface area contributed by atoms with Gasteiger partial charge in [-0.25, -0.2) is 4.79 Å². The fraction of sp³-hybridized carbons (Fsp3) is 0.958. The van der Waals surface area contributed by atoms with E-state index in [9.17, 15) is 71.2 Å². The Hall–Kier alpha value is -1.29. The average molecular weight is 665 g/mol. The first kappa shape index (κ1) is 36.5. The van der Waals surface area contributed by atoms with E-state index >= 15 is 0 Å². The Morgan fingerprint density at radius 2 is 1.02 bits per heavy atom. The molecule has 4 heterocycles. The molecule has 4 saturated heterocycles. The summed E-state index contributed by atoms with van der Waals surface area (Å²) in [4.78, 5) is 11.4. The van der Waals surface area contributed by atoms with Crippen LogP contribution in [-0.4, -0.2) is 208 Å². The molecule has 0 radical (unpaired) electrons. The standard InChI is InChI=1S/C24H40O21/c1-4-7(27)10(30)14(34)22(39-4)45-19-16(43-23-15(35)11(31)8(28)5(2-25)40-23)9(29)6(3-26)41-24(19)44-18-13(33)12(32)17(20(36)37)42-21(18)38/h4-19,21-35,38H,2-3H2,1H3,(H,36,37)/t4-,5+,6+,7-,8+,9-,10+,11-,12-,13-,14+,15+,16-,17-,18+,19+,21+,22-,23-,24-/m0/s1. The highest BCUT2D eigenvalue weighted by atomic mass is 16.8. The first-order valence-corrected chi connectivity index (χ1v) is 14.0. The van der Waals surface area contributed by atoms with Crippen LogP contribution in [0.1, 0.15) is 6.92 Å². The summed E-state index contributed by atoms with van der Waals surface area (Å²) < 4.78 is 38.3. The normalized spacial score (nSPS) is 52.8. The van der Waals surface area contributed by atoms with Crippen LogP contribution >= 0.6 is 0 Å². The molecular weight excluding hydrogens is 624 g/mol. The lowest BCUT2D eigenvalue weighted by atomic mass is 9.95. The van der Waals surface area contributed by atoms with Gasteiger partial charge in [0.05, 0.1) is 19.3 Å². The van der Waals surface area contributed by atoms with Gasteiger partial charge in [0.2, 0.25) is 0 Å². The molecule has 20 atom stereocenters. The van der Waals surface area contributed by atoms with E-state index in [1.54, 1.807) is 0 Å². The van der Waals surface area contributed by atoms with Crippen LogP contribution in [-0.2, 0) is 38.0 Å². The van der Waals surface area contributed by atoms with E-state index in [2.05, 4.69) is 0 Å². The number of aliphatic hydroxyl groups is 12. The highest BCUT2D eigenvalue weighted by Gasteiger charge is 2.56. The molecule has 21 heteroatoms. The lowest BCUT2D eigenvalue weighted by molar-refractivity contribution is -0.406. The van der Waals surface area contributed by atoms with Crippen LogP contribution in [0.4, 0.5) is 0 Å². The molecule has 4 fully saturated rings. The van der Waals surface area contributed by atoms with Gasteiger partial charge in [-0.1, -0.05) is 0 Å². The Labute approximate surface area is 253 Å².